The van der Waals surface area contributed by atoms with Crippen molar-refractivity contribution in [3.05, 3.63) is 0 Å². The molecule has 20 heavy (non-hydrogen) atoms. The number of nitrogens with one attached hydrogen (secondary N) is 1. The molecule has 0 radical (unpaired) electrons. The van der Waals surface area contributed by atoms with E-state index in [-0.39, 0.29) is 18.7 Å². The van der Waals surface area contributed by atoms with Crippen molar-refractivity contribution in [2.45, 2.75) is 25.1 Å². The van der Waals surface area contributed by atoms with Crippen LogP contribution in [0.2, 0.25) is 0 Å². The molecule has 1 saturated heterocycles. The van der Waals surface area contributed by atoms with Crippen LogP contribution in [0.25, 0.3) is 0 Å². The average Bonchev–Trinajstić information content (AvgIpc) is 2.37. The molecule has 8 heteroatoms. The molecule has 1 aliphatic rings. The minimum atomic E-state index is -4.27. The first-order valence-corrected chi connectivity index (χ1v) is 6.63. The third-order valence-electron chi connectivity index (χ3n) is 3.09. The maximum absolute atomic E-state index is 11.8. The third-order valence-corrected chi connectivity index (χ3v) is 3.09. The Morgan fingerprint density at radius 2 is 1.95 bits per heavy atom. The second kappa shape index (κ2) is 7.68. The fourth-order valence-corrected chi connectivity index (χ4v) is 2.08. The Kier molecular flexibility index (Phi) is 6.54. The summed E-state index contributed by atoms with van der Waals surface area (Å²) < 4.78 is 40.0. The summed E-state index contributed by atoms with van der Waals surface area (Å²) in [6, 6.07) is 0.229. The molecule has 1 N–H and O–H groups in total. The molecule has 0 unspecified atom stereocenters. The van der Waals surface area contributed by atoms with Gasteiger partial charge in [-0.25, -0.2) is 4.79 Å². The lowest BCUT2D eigenvalue weighted by molar-refractivity contribution is -0.173. The Balaban J connectivity index is 2.10. The molecule has 118 valence electrons. The van der Waals surface area contributed by atoms with Gasteiger partial charge in [0.2, 0.25) is 0 Å². The van der Waals surface area contributed by atoms with E-state index in [2.05, 4.69) is 10.1 Å². The molecule has 0 aromatic rings. The molecule has 0 aliphatic carbocycles. The van der Waals surface area contributed by atoms with E-state index in [4.69, 9.17) is 0 Å². The molecule has 5 nitrogen and oxygen atoms in total. The highest BCUT2D eigenvalue weighted by molar-refractivity contribution is 5.73. The van der Waals surface area contributed by atoms with Gasteiger partial charge >= 0.3 is 12.2 Å². The number of likely N-dealkylation sites (tertiary alicyclic amines) is 1. The standard InChI is InChI=1S/C12H22F3N3O2/c1-17(2)11(19)18-6-3-10(4-7-18)16-5-8-20-9-12(13,14)15/h10,16H,3-9H2,1-2H3. The van der Waals surface area contributed by atoms with Crippen molar-refractivity contribution in [1.29, 1.82) is 0 Å². The average molecular weight is 297 g/mol. The van der Waals surface area contributed by atoms with Crippen LogP contribution in [0.15, 0.2) is 0 Å². The minimum Gasteiger partial charge on any atom is -0.371 e. The number of carbonyl (C=O) groups is 1. The zero-order valence-electron chi connectivity index (χ0n) is 11.9. The van der Waals surface area contributed by atoms with Gasteiger partial charge in [0.25, 0.3) is 0 Å². The normalized spacial score (nSPS) is 17.4. The molecule has 0 saturated carbocycles. The number of amides is 2. The lowest BCUT2D eigenvalue weighted by Gasteiger charge is -2.34. The number of carbonyl (C=O) groups excluding carboxylic acids is 1. The predicted octanol–water partition coefficient (Wildman–Crippen LogP) is 1.30. The number of piperidine rings is 1. The number of halogens is 3. The van der Waals surface area contributed by atoms with E-state index in [9.17, 15) is 18.0 Å². The second-order valence-electron chi connectivity index (χ2n) is 5.06. The van der Waals surface area contributed by atoms with Gasteiger partial charge < -0.3 is 19.9 Å². The van der Waals surface area contributed by atoms with Crippen LogP contribution in [0.3, 0.4) is 0 Å². The number of ether oxygens (including phenoxy) is 1. The monoisotopic (exact) mass is 297 g/mol. The Labute approximate surface area is 117 Å². The molecular formula is C12H22F3N3O2. The first-order valence-electron chi connectivity index (χ1n) is 6.63. The second-order valence-corrected chi connectivity index (χ2v) is 5.06. The van der Waals surface area contributed by atoms with E-state index in [0.717, 1.165) is 12.8 Å². The van der Waals surface area contributed by atoms with Gasteiger partial charge in [-0.05, 0) is 12.8 Å². The quantitative estimate of drug-likeness (QED) is 0.778. The fourth-order valence-electron chi connectivity index (χ4n) is 2.08. The first kappa shape index (κ1) is 17.0. The summed E-state index contributed by atoms with van der Waals surface area (Å²) in [6.07, 6.45) is -2.66. The molecular weight excluding hydrogens is 275 g/mol. The van der Waals surface area contributed by atoms with Crippen molar-refractivity contribution in [2.24, 2.45) is 0 Å². The summed E-state index contributed by atoms with van der Waals surface area (Å²) in [4.78, 5) is 15.0. The van der Waals surface area contributed by atoms with Crippen LogP contribution in [-0.4, -0.2) is 75.0 Å². The van der Waals surface area contributed by atoms with Gasteiger partial charge in [0, 0.05) is 39.8 Å². The van der Waals surface area contributed by atoms with Crippen molar-refractivity contribution < 1.29 is 22.7 Å². The van der Waals surface area contributed by atoms with Crippen LogP contribution in [-0.2, 0) is 4.74 Å². The van der Waals surface area contributed by atoms with Crippen LogP contribution < -0.4 is 5.32 Å². The maximum Gasteiger partial charge on any atom is 0.411 e. The van der Waals surface area contributed by atoms with E-state index in [1.165, 1.54) is 0 Å². The molecule has 2 amide bonds. The molecule has 1 heterocycles. The smallest absolute Gasteiger partial charge is 0.371 e. The third kappa shape index (κ3) is 6.42. The van der Waals surface area contributed by atoms with E-state index in [1.807, 2.05) is 0 Å². The van der Waals surface area contributed by atoms with Crippen molar-refractivity contribution in [3.8, 4) is 0 Å². The van der Waals surface area contributed by atoms with Crippen molar-refractivity contribution in [3.63, 3.8) is 0 Å². The summed E-state index contributed by atoms with van der Waals surface area (Å²) >= 11 is 0. The highest BCUT2D eigenvalue weighted by Gasteiger charge is 2.27. The summed E-state index contributed by atoms with van der Waals surface area (Å²) in [6.45, 7) is 0.555. The largest absolute Gasteiger partial charge is 0.411 e. The number of hydrogen-bond donors (Lipinski definition) is 1. The molecule has 0 aromatic heterocycles. The Bertz CT molecular complexity index is 303. The summed E-state index contributed by atoms with van der Waals surface area (Å²) in [5.41, 5.74) is 0. The van der Waals surface area contributed by atoms with Gasteiger partial charge in [0.1, 0.15) is 6.61 Å². The number of urea groups is 1. The van der Waals surface area contributed by atoms with E-state index in [1.54, 1.807) is 23.9 Å². The van der Waals surface area contributed by atoms with Crippen molar-refractivity contribution >= 4 is 6.03 Å². The van der Waals surface area contributed by atoms with Gasteiger partial charge in [0.05, 0.1) is 6.61 Å². The molecule has 1 rings (SSSR count). The van der Waals surface area contributed by atoms with Gasteiger partial charge in [-0.15, -0.1) is 0 Å². The van der Waals surface area contributed by atoms with Crippen molar-refractivity contribution in [1.82, 2.24) is 15.1 Å². The first-order chi connectivity index (χ1) is 9.29. The van der Waals surface area contributed by atoms with Crippen LogP contribution in [0, 0.1) is 0 Å². The summed E-state index contributed by atoms with van der Waals surface area (Å²) in [5.74, 6) is 0. The zero-order valence-corrected chi connectivity index (χ0v) is 11.9. The zero-order chi connectivity index (χ0) is 15.2. The maximum atomic E-state index is 11.8. The Morgan fingerprint density at radius 3 is 2.45 bits per heavy atom. The Hall–Kier alpha value is -1.02. The molecule has 0 aromatic carbocycles. The SMILES string of the molecule is CN(C)C(=O)N1CCC(NCCOCC(F)(F)F)CC1. The van der Waals surface area contributed by atoms with Crippen LogP contribution in [0.4, 0.5) is 18.0 Å². The molecule has 1 fully saturated rings. The number of alkyl halides is 3. The van der Waals surface area contributed by atoms with Gasteiger partial charge in [0.15, 0.2) is 0 Å². The lowest BCUT2D eigenvalue weighted by atomic mass is 10.1. The van der Waals surface area contributed by atoms with Crippen LogP contribution in [0.1, 0.15) is 12.8 Å². The topological polar surface area (TPSA) is 44.8 Å². The van der Waals surface area contributed by atoms with Crippen molar-refractivity contribution in [2.75, 3.05) is 46.9 Å². The van der Waals surface area contributed by atoms with Crippen LogP contribution in [0.5, 0.6) is 0 Å². The fraction of sp³-hybridized carbons (Fsp3) is 0.917. The lowest BCUT2D eigenvalue weighted by Crippen LogP contribution is -2.48. The molecule has 0 spiro atoms. The summed E-state index contributed by atoms with van der Waals surface area (Å²) in [7, 11) is 3.43. The van der Waals surface area contributed by atoms with Gasteiger partial charge in [-0.1, -0.05) is 0 Å². The molecule has 1 aliphatic heterocycles. The number of hydrogen-bond acceptors (Lipinski definition) is 3. The minimum absolute atomic E-state index is 0.00281. The van der Waals surface area contributed by atoms with Gasteiger partial charge in [-0.2, -0.15) is 13.2 Å². The van der Waals surface area contributed by atoms with E-state index >= 15 is 0 Å². The number of rotatable bonds is 5. The number of nitrogens with zero attached hydrogens (tertiary/aromatic N) is 2. The van der Waals surface area contributed by atoms with E-state index in [0.29, 0.717) is 19.6 Å². The molecule has 0 bridgehead atoms. The highest BCUT2D eigenvalue weighted by Crippen LogP contribution is 2.14. The predicted molar refractivity (Wildman–Crippen MR) is 68.6 cm³/mol. The highest BCUT2D eigenvalue weighted by atomic mass is 19.4. The van der Waals surface area contributed by atoms with Gasteiger partial charge in [-0.3, -0.25) is 0 Å². The summed E-state index contributed by atoms with van der Waals surface area (Å²) in [5, 5.41) is 3.15. The Morgan fingerprint density at radius 1 is 1.35 bits per heavy atom. The molecule has 0 atom stereocenters. The van der Waals surface area contributed by atoms with E-state index < -0.39 is 12.8 Å². The van der Waals surface area contributed by atoms with Crippen LogP contribution >= 0.6 is 0 Å².